The van der Waals surface area contributed by atoms with Crippen LogP contribution < -0.4 is 31.3 Å². The summed E-state index contributed by atoms with van der Waals surface area (Å²) in [4.78, 5) is 64.1. The lowest BCUT2D eigenvalue weighted by atomic mass is 9.93. The highest BCUT2D eigenvalue weighted by atomic mass is 16.8. The van der Waals surface area contributed by atoms with E-state index in [4.69, 9.17) is 47.4 Å². The normalized spacial score (nSPS) is 37.7. The van der Waals surface area contributed by atoms with Crippen LogP contribution in [-0.2, 0) is 61.8 Å². The average molecular weight is 1270 g/mol. The van der Waals surface area contributed by atoms with E-state index >= 15 is 0 Å². The fourth-order valence-corrected chi connectivity index (χ4v) is 11.4. The van der Waals surface area contributed by atoms with E-state index in [0.717, 1.165) is 53.4 Å². The molecule has 1 aromatic rings. The number of ether oxygens (including phenoxy) is 10. The summed E-state index contributed by atoms with van der Waals surface area (Å²) in [5.74, 6) is -3.50. The van der Waals surface area contributed by atoms with Crippen LogP contribution in [0.25, 0.3) is 0 Å². The zero-order valence-electron chi connectivity index (χ0n) is 49.8. The van der Waals surface area contributed by atoms with Crippen LogP contribution in [0.15, 0.2) is 24.3 Å². The molecule has 13 unspecified atom stereocenters. The van der Waals surface area contributed by atoms with Gasteiger partial charge in [-0.1, -0.05) is 64.4 Å². The third-order valence-corrected chi connectivity index (χ3v) is 15.9. The number of benzene rings is 1. The molecule has 5 saturated heterocycles. The number of carbonyl (C=O) groups is 5. The predicted molar refractivity (Wildman–Crippen MR) is 297 cm³/mol. The first-order valence-corrected chi connectivity index (χ1v) is 29.8. The number of carbonyl (C=O) groups excluding carboxylic acids is 5. The maximum Gasteiger partial charge on any atom is 0.251 e. The summed E-state index contributed by atoms with van der Waals surface area (Å²) in [5.41, 5.74) is 0.0716. The quantitative estimate of drug-likeness (QED) is 0.0319. The Morgan fingerprint density at radius 2 is 0.761 bits per heavy atom. The summed E-state index contributed by atoms with van der Waals surface area (Å²) in [6.45, 7) is 2.10. The monoisotopic (exact) mass is 1270 g/mol. The third kappa shape index (κ3) is 18.8. The summed E-state index contributed by atoms with van der Waals surface area (Å²) < 4.78 is 59.9. The zero-order chi connectivity index (χ0) is 64.5. The number of rotatable bonds is 30. The summed E-state index contributed by atoms with van der Waals surface area (Å²) in [6.07, 6.45) is -25.8. The van der Waals surface area contributed by atoms with Gasteiger partial charge in [-0.3, -0.25) is 24.0 Å². The molecule has 25 atom stereocenters. The predicted octanol–water partition coefficient (Wildman–Crippen LogP) is -6.00. The zero-order valence-corrected chi connectivity index (χ0v) is 49.8. The third-order valence-electron chi connectivity index (χ3n) is 15.9. The summed E-state index contributed by atoms with van der Waals surface area (Å²) in [5, 5.41) is 145. The summed E-state index contributed by atoms with van der Waals surface area (Å²) in [7, 11) is 0. The van der Waals surface area contributed by atoms with E-state index in [0.29, 0.717) is 12.4 Å². The first-order valence-electron chi connectivity index (χ1n) is 29.8. The Balaban J connectivity index is 1.18. The molecular formula is C56H91N5O27. The van der Waals surface area contributed by atoms with Crippen molar-refractivity contribution in [1.82, 2.24) is 26.6 Å². The second kappa shape index (κ2) is 34.8. The molecule has 17 N–H and O–H groups in total. The van der Waals surface area contributed by atoms with Crippen molar-refractivity contribution in [2.75, 3.05) is 39.6 Å². The van der Waals surface area contributed by atoms with E-state index in [9.17, 15) is 85.3 Å². The number of amides is 5. The van der Waals surface area contributed by atoms with Crippen LogP contribution in [0.5, 0.6) is 5.75 Å². The van der Waals surface area contributed by atoms with Gasteiger partial charge in [0, 0.05) is 33.3 Å². The van der Waals surface area contributed by atoms with E-state index in [2.05, 4.69) is 33.5 Å². The van der Waals surface area contributed by atoms with Crippen molar-refractivity contribution in [1.29, 1.82) is 0 Å². The topological polar surface area (TPSA) is 481 Å². The Bertz CT molecular complexity index is 2350. The Morgan fingerprint density at radius 3 is 1.15 bits per heavy atom. The molecule has 0 bridgehead atoms. The van der Waals surface area contributed by atoms with Crippen molar-refractivity contribution in [3.8, 4) is 5.75 Å². The fraction of sp³-hybridized carbons (Fsp3) is 0.804. The fourth-order valence-electron chi connectivity index (χ4n) is 11.4. The van der Waals surface area contributed by atoms with E-state index in [-0.39, 0.29) is 5.56 Å². The maximum absolute atomic E-state index is 13.9. The highest BCUT2D eigenvalue weighted by molar-refractivity contribution is 5.94. The van der Waals surface area contributed by atoms with Crippen LogP contribution in [0.2, 0.25) is 0 Å². The van der Waals surface area contributed by atoms with E-state index in [1.54, 1.807) is 12.1 Å². The Kier molecular flexibility index (Phi) is 28.7. The van der Waals surface area contributed by atoms with Gasteiger partial charge in [0.2, 0.25) is 23.6 Å². The number of nitrogens with one attached hydrogen (secondary N) is 5. The van der Waals surface area contributed by atoms with E-state index in [1.807, 2.05) is 0 Å². The second-order valence-corrected chi connectivity index (χ2v) is 22.6. The van der Waals surface area contributed by atoms with Gasteiger partial charge in [0.15, 0.2) is 31.5 Å². The van der Waals surface area contributed by atoms with Crippen LogP contribution in [-0.4, -0.2) is 284 Å². The van der Waals surface area contributed by atoms with Gasteiger partial charge in [0.1, 0.15) is 128 Å². The second-order valence-electron chi connectivity index (χ2n) is 22.6. The van der Waals surface area contributed by atoms with Crippen molar-refractivity contribution >= 4 is 29.5 Å². The van der Waals surface area contributed by atoms with Gasteiger partial charge >= 0.3 is 0 Å². The largest absolute Gasteiger partial charge is 0.494 e. The maximum atomic E-state index is 13.9. The molecule has 5 aliphatic rings. The molecule has 502 valence electrons. The molecule has 32 heteroatoms. The average Bonchev–Trinajstić information content (AvgIpc) is 1.44. The van der Waals surface area contributed by atoms with Crippen molar-refractivity contribution in [2.45, 2.75) is 246 Å². The lowest BCUT2D eigenvalue weighted by Crippen LogP contribution is -2.72. The standard InChI is InChI=1S/C56H91N5O27/c1-6-7-8-9-10-11-12-13-14-18-79-30-17-15-16-29(19-30)51(77)61-37-42(72)41(71)31(20-62)81-53(37)86-48-33(22-64)83-55(39(44(48)74)59-27(4)69)88-50-35(24-66)84-56(40(46(50)76)60-28(5)70)87-49-34(23-65)82-54(38(45(49)75)58-26(3)68)85-47-32(21-63)80-52(78)36(43(47)73)57-25(2)67/h15-17,19,31-50,52-56,62-66,71-76,78H,6-14,18,20-24H2,1-5H3,(H,57,67)(H,58,68)(H,59,69)(H,60,70)(H,61,77)/t31?,32?,33-,34-,35?,36-,37-,38?,39?,40-,41+,42+,43+,44?,45?,46+,47?,48+,49+,50?,52?,53?,54?,55?,56-/m0/s1. The number of hydrogen-bond acceptors (Lipinski definition) is 27. The van der Waals surface area contributed by atoms with Crippen LogP contribution in [0.1, 0.15) is 103 Å². The molecule has 5 aliphatic heterocycles. The molecule has 0 spiro atoms. The minimum Gasteiger partial charge on any atom is -0.494 e. The Labute approximate surface area is 508 Å². The van der Waals surface area contributed by atoms with Gasteiger partial charge in [-0.25, -0.2) is 0 Å². The van der Waals surface area contributed by atoms with Crippen LogP contribution in [0, 0.1) is 0 Å². The molecule has 0 aliphatic carbocycles. The van der Waals surface area contributed by atoms with Gasteiger partial charge < -0.3 is 135 Å². The lowest BCUT2D eigenvalue weighted by Gasteiger charge is -2.51. The molecule has 88 heavy (non-hydrogen) atoms. The van der Waals surface area contributed by atoms with Crippen LogP contribution >= 0.6 is 0 Å². The van der Waals surface area contributed by atoms with Gasteiger partial charge in [-0.15, -0.1) is 0 Å². The SMILES string of the molecule is CCCCCCCCCCCOc1cccc(C(=O)N[C@@H]2C(O[C@H]3C(O)C(NC(C)=O)C(OC4C(CO)O[C@@H](O[C@H]5C(O)C(NC(C)=O)C(OC6C(CO)OC(O)[C@@H](NC(C)=O)[C@H]6O)O[C@H]5CO)[C@@H](NC(C)=O)[C@H]4O)O[C@H]3CO)OC(CO)[C@@H](O)[C@@H]2O)c1. The highest BCUT2D eigenvalue weighted by Crippen LogP contribution is 2.36. The minimum absolute atomic E-state index is 0.0716. The Morgan fingerprint density at radius 1 is 0.420 bits per heavy atom. The van der Waals surface area contributed by atoms with Crippen molar-refractivity contribution in [3.63, 3.8) is 0 Å². The van der Waals surface area contributed by atoms with Gasteiger partial charge in [-0.2, -0.15) is 0 Å². The molecule has 0 aromatic heterocycles. The number of aliphatic hydroxyl groups excluding tert-OH is 12. The summed E-state index contributed by atoms with van der Waals surface area (Å²) in [6, 6.07) is -2.10. The molecule has 5 amide bonds. The lowest BCUT2D eigenvalue weighted by molar-refractivity contribution is -0.367. The van der Waals surface area contributed by atoms with Crippen molar-refractivity contribution < 1.29 is 133 Å². The van der Waals surface area contributed by atoms with E-state index in [1.165, 1.54) is 44.2 Å². The first kappa shape index (κ1) is 72.6. The van der Waals surface area contributed by atoms with Crippen molar-refractivity contribution in [3.05, 3.63) is 29.8 Å². The Hall–Kier alpha value is -4.47. The minimum atomic E-state index is -2.03. The molecule has 5 heterocycles. The number of aliphatic hydroxyl groups is 12. The van der Waals surface area contributed by atoms with Crippen LogP contribution in [0.3, 0.4) is 0 Å². The van der Waals surface area contributed by atoms with Crippen molar-refractivity contribution in [2.24, 2.45) is 0 Å². The molecule has 0 saturated carbocycles. The molecular weight excluding hydrogens is 1170 g/mol. The molecule has 32 nitrogen and oxygen atoms in total. The van der Waals surface area contributed by atoms with Gasteiger partial charge in [0.25, 0.3) is 5.91 Å². The van der Waals surface area contributed by atoms with Gasteiger partial charge in [0.05, 0.1) is 39.6 Å². The molecule has 6 rings (SSSR count). The molecule has 0 radical (unpaired) electrons. The molecule has 5 fully saturated rings. The van der Waals surface area contributed by atoms with E-state index < -0.39 is 216 Å². The first-order chi connectivity index (χ1) is 42.0. The molecule has 1 aromatic carbocycles. The van der Waals surface area contributed by atoms with Gasteiger partial charge in [-0.05, 0) is 24.6 Å². The highest BCUT2D eigenvalue weighted by Gasteiger charge is 2.58. The van der Waals surface area contributed by atoms with Crippen LogP contribution in [0.4, 0.5) is 0 Å². The summed E-state index contributed by atoms with van der Waals surface area (Å²) >= 11 is 0. The number of unbranched alkanes of at least 4 members (excludes halogenated alkanes) is 8. The smallest absolute Gasteiger partial charge is 0.251 e. The number of hydrogen-bond donors (Lipinski definition) is 17.